The van der Waals surface area contributed by atoms with Gasteiger partial charge in [-0.15, -0.1) is 0 Å². The standard InChI is InChI=1S/C18H36N2/c1-4-12-19-17-11-10-15(3)14-18(17)20-13-8-6-7-9-16(20)5-2/h15-19H,4-14H2,1-3H3. The molecule has 0 spiro atoms. The maximum Gasteiger partial charge on any atom is 0.0254 e. The average molecular weight is 280 g/mol. The van der Waals surface area contributed by atoms with Crippen LogP contribution in [0, 0.1) is 5.92 Å². The smallest absolute Gasteiger partial charge is 0.0254 e. The Kier molecular flexibility index (Phi) is 6.83. The molecule has 2 rings (SSSR count). The molecule has 0 bridgehead atoms. The van der Waals surface area contributed by atoms with E-state index >= 15 is 0 Å². The van der Waals surface area contributed by atoms with E-state index < -0.39 is 0 Å². The predicted molar refractivity (Wildman–Crippen MR) is 88.1 cm³/mol. The molecule has 1 aliphatic carbocycles. The van der Waals surface area contributed by atoms with Crippen LogP contribution in [0.15, 0.2) is 0 Å². The minimum absolute atomic E-state index is 0.748. The van der Waals surface area contributed by atoms with Crippen LogP contribution in [-0.2, 0) is 0 Å². The van der Waals surface area contributed by atoms with Crippen molar-refractivity contribution in [2.24, 2.45) is 5.92 Å². The van der Waals surface area contributed by atoms with Crippen LogP contribution >= 0.6 is 0 Å². The second-order valence-electron chi connectivity index (χ2n) is 7.20. The molecule has 2 nitrogen and oxygen atoms in total. The van der Waals surface area contributed by atoms with Crippen molar-refractivity contribution in [3.05, 3.63) is 0 Å². The summed E-state index contributed by atoms with van der Waals surface area (Å²) in [5, 5.41) is 3.86. The summed E-state index contributed by atoms with van der Waals surface area (Å²) < 4.78 is 0. The summed E-state index contributed by atoms with van der Waals surface area (Å²) in [6, 6.07) is 2.39. The van der Waals surface area contributed by atoms with E-state index in [1.165, 1.54) is 70.9 Å². The molecule has 0 aromatic carbocycles. The Bertz CT molecular complexity index is 264. The van der Waals surface area contributed by atoms with Gasteiger partial charge in [-0.1, -0.05) is 33.6 Å². The lowest BCUT2D eigenvalue weighted by molar-refractivity contribution is 0.0628. The molecule has 0 radical (unpaired) electrons. The van der Waals surface area contributed by atoms with E-state index in [-0.39, 0.29) is 0 Å². The summed E-state index contributed by atoms with van der Waals surface area (Å²) in [4.78, 5) is 2.91. The zero-order valence-corrected chi connectivity index (χ0v) is 14.0. The van der Waals surface area contributed by atoms with Crippen LogP contribution in [0.5, 0.6) is 0 Å². The van der Waals surface area contributed by atoms with Gasteiger partial charge in [-0.2, -0.15) is 0 Å². The van der Waals surface area contributed by atoms with Gasteiger partial charge in [0.2, 0.25) is 0 Å². The molecule has 1 aliphatic heterocycles. The molecule has 1 heterocycles. The summed E-state index contributed by atoms with van der Waals surface area (Å²) >= 11 is 0. The zero-order chi connectivity index (χ0) is 14.4. The molecular weight excluding hydrogens is 244 g/mol. The topological polar surface area (TPSA) is 15.3 Å². The van der Waals surface area contributed by atoms with Crippen molar-refractivity contribution in [3.8, 4) is 0 Å². The minimum atomic E-state index is 0.748. The Morgan fingerprint density at radius 3 is 2.65 bits per heavy atom. The molecule has 1 N–H and O–H groups in total. The fraction of sp³-hybridized carbons (Fsp3) is 1.00. The highest BCUT2D eigenvalue weighted by atomic mass is 15.2. The molecule has 1 saturated carbocycles. The Balaban J connectivity index is 2.05. The normalized spacial score (nSPS) is 36.8. The highest BCUT2D eigenvalue weighted by molar-refractivity contribution is 4.93. The summed E-state index contributed by atoms with van der Waals surface area (Å²) in [6.07, 6.45) is 12.6. The number of hydrogen-bond donors (Lipinski definition) is 1. The molecule has 20 heavy (non-hydrogen) atoms. The lowest BCUT2D eigenvalue weighted by Gasteiger charge is -2.45. The SMILES string of the molecule is CCCNC1CCC(C)CC1N1CCCCCC1CC. The van der Waals surface area contributed by atoms with E-state index in [4.69, 9.17) is 0 Å². The predicted octanol–water partition coefficient (Wildman–Crippen LogP) is 4.20. The van der Waals surface area contributed by atoms with E-state index in [9.17, 15) is 0 Å². The van der Waals surface area contributed by atoms with Crippen LogP contribution in [0.1, 0.15) is 78.6 Å². The quantitative estimate of drug-likeness (QED) is 0.812. The third kappa shape index (κ3) is 4.21. The number of likely N-dealkylation sites (tertiary alicyclic amines) is 1. The lowest BCUT2D eigenvalue weighted by Crippen LogP contribution is -2.56. The van der Waals surface area contributed by atoms with Gasteiger partial charge >= 0.3 is 0 Å². The highest BCUT2D eigenvalue weighted by Crippen LogP contribution is 2.32. The van der Waals surface area contributed by atoms with E-state index in [2.05, 4.69) is 31.0 Å². The molecule has 0 aromatic heterocycles. The van der Waals surface area contributed by atoms with Gasteiger partial charge in [-0.05, 0) is 64.0 Å². The molecule has 0 aromatic rings. The highest BCUT2D eigenvalue weighted by Gasteiger charge is 2.35. The molecule has 4 atom stereocenters. The monoisotopic (exact) mass is 280 g/mol. The van der Waals surface area contributed by atoms with Gasteiger partial charge in [-0.3, -0.25) is 4.90 Å². The van der Waals surface area contributed by atoms with Gasteiger partial charge in [0.15, 0.2) is 0 Å². The number of hydrogen-bond acceptors (Lipinski definition) is 2. The van der Waals surface area contributed by atoms with Crippen LogP contribution in [0.2, 0.25) is 0 Å². The zero-order valence-electron chi connectivity index (χ0n) is 14.0. The van der Waals surface area contributed by atoms with Crippen molar-refractivity contribution in [1.29, 1.82) is 0 Å². The number of rotatable bonds is 5. The first kappa shape index (κ1) is 16.3. The van der Waals surface area contributed by atoms with Crippen LogP contribution in [-0.4, -0.2) is 36.1 Å². The molecular formula is C18H36N2. The van der Waals surface area contributed by atoms with Crippen molar-refractivity contribution in [2.45, 2.75) is 96.7 Å². The third-order valence-electron chi connectivity index (χ3n) is 5.56. The first-order valence-electron chi connectivity index (χ1n) is 9.25. The van der Waals surface area contributed by atoms with Crippen molar-refractivity contribution >= 4 is 0 Å². The molecule has 118 valence electrons. The number of nitrogens with one attached hydrogen (secondary N) is 1. The van der Waals surface area contributed by atoms with Crippen molar-refractivity contribution in [1.82, 2.24) is 10.2 Å². The molecule has 4 unspecified atom stereocenters. The van der Waals surface area contributed by atoms with Crippen molar-refractivity contribution < 1.29 is 0 Å². The molecule has 2 aliphatic rings. The van der Waals surface area contributed by atoms with Crippen LogP contribution in [0.25, 0.3) is 0 Å². The summed E-state index contributed by atoms with van der Waals surface area (Å²) in [5.74, 6) is 0.917. The van der Waals surface area contributed by atoms with Gasteiger partial charge in [0.25, 0.3) is 0 Å². The van der Waals surface area contributed by atoms with Crippen molar-refractivity contribution in [3.63, 3.8) is 0 Å². The van der Waals surface area contributed by atoms with Crippen LogP contribution in [0.3, 0.4) is 0 Å². The minimum Gasteiger partial charge on any atom is -0.312 e. The Labute approximate surface area is 126 Å². The Hall–Kier alpha value is -0.0800. The molecule has 1 saturated heterocycles. The van der Waals surface area contributed by atoms with Crippen molar-refractivity contribution in [2.75, 3.05) is 13.1 Å². The van der Waals surface area contributed by atoms with Gasteiger partial charge in [0.05, 0.1) is 0 Å². The first-order chi connectivity index (χ1) is 9.76. The van der Waals surface area contributed by atoms with Crippen LogP contribution in [0.4, 0.5) is 0 Å². The fourth-order valence-electron chi connectivity index (χ4n) is 4.36. The largest absolute Gasteiger partial charge is 0.312 e. The lowest BCUT2D eigenvalue weighted by atomic mass is 9.81. The summed E-state index contributed by atoms with van der Waals surface area (Å²) in [6.45, 7) is 9.68. The summed E-state index contributed by atoms with van der Waals surface area (Å²) in [5.41, 5.74) is 0. The van der Waals surface area contributed by atoms with E-state index in [0.29, 0.717) is 0 Å². The van der Waals surface area contributed by atoms with Gasteiger partial charge < -0.3 is 5.32 Å². The molecule has 2 heteroatoms. The Morgan fingerprint density at radius 1 is 1.05 bits per heavy atom. The maximum atomic E-state index is 3.86. The Morgan fingerprint density at radius 2 is 1.90 bits per heavy atom. The molecule has 0 amide bonds. The van der Waals surface area contributed by atoms with Gasteiger partial charge in [0.1, 0.15) is 0 Å². The number of nitrogens with zero attached hydrogens (tertiary/aromatic N) is 1. The van der Waals surface area contributed by atoms with E-state index in [1.54, 1.807) is 0 Å². The second-order valence-corrected chi connectivity index (χ2v) is 7.20. The first-order valence-corrected chi connectivity index (χ1v) is 9.25. The third-order valence-corrected chi connectivity index (χ3v) is 5.56. The van der Waals surface area contributed by atoms with Gasteiger partial charge in [0, 0.05) is 18.1 Å². The summed E-state index contributed by atoms with van der Waals surface area (Å²) in [7, 11) is 0. The van der Waals surface area contributed by atoms with E-state index in [1.807, 2.05) is 0 Å². The molecule has 2 fully saturated rings. The van der Waals surface area contributed by atoms with Crippen LogP contribution < -0.4 is 5.32 Å². The second kappa shape index (κ2) is 8.38. The maximum absolute atomic E-state index is 3.86. The van der Waals surface area contributed by atoms with E-state index in [0.717, 1.165) is 24.0 Å². The fourth-order valence-corrected chi connectivity index (χ4v) is 4.36. The van der Waals surface area contributed by atoms with Gasteiger partial charge in [-0.25, -0.2) is 0 Å². The average Bonchev–Trinajstić information content (AvgIpc) is 2.71.